The molecule has 2 N–H and O–H groups in total. The molecule has 0 aliphatic rings. The average Bonchev–Trinajstić information content (AvgIpc) is 2.52. The lowest BCUT2D eigenvalue weighted by molar-refractivity contribution is -0.131. The Kier molecular flexibility index (Phi) is 7.97. The highest BCUT2D eigenvalue weighted by Crippen LogP contribution is 2.10. The Balaban J connectivity index is 2.60. The summed E-state index contributed by atoms with van der Waals surface area (Å²) in [7, 11) is 0. The number of ether oxygens (including phenoxy) is 2. The Morgan fingerprint density at radius 1 is 1.04 bits per heavy atom. The zero-order chi connectivity index (χ0) is 20.7. The van der Waals surface area contributed by atoms with Crippen molar-refractivity contribution in [1.82, 2.24) is 10.6 Å². The van der Waals surface area contributed by atoms with Crippen molar-refractivity contribution in [3.05, 3.63) is 35.9 Å². The van der Waals surface area contributed by atoms with Gasteiger partial charge in [-0.3, -0.25) is 9.59 Å². The molecular formula is C20H30N2O5. The van der Waals surface area contributed by atoms with Gasteiger partial charge in [-0.1, -0.05) is 30.3 Å². The first-order valence-electron chi connectivity index (χ1n) is 8.85. The van der Waals surface area contributed by atoms with Crippen LogP contribution in [0, 0.1) is 0 Å². The van der Waals surface area contributed by atoms with Gasteiger partial charge in [0.25, 0.3) is 0 Å². The molecule has 0 fully saturated rings. The normalized spacial score (nSPS) is 12.8. The van der Waals surface area contributed by atoms with Gasteiger partial charge in [-0.25, -0.2) is 4.79 Å². The van der Waals surface area contributed by atoms with Crippen LogP contribution in [0.1, 0.15) is 47.1 Å². The highest BCUT2D eigenvalue weighted by atomic mass is 16.6. The Labute approximate surface area is 160 Å². The van der Waals surface area contributed by atoms with Crippen molar-refractivity contribution >= 4 is 17.8 Å². The summed E-state index contributed by atoms with van der Waals surface area (Å²) >= 11 is 0. The minimum absolute atomic E-state index is 0.0402. The quantitative estimate of drug-likeness (QED) is 0.725. The lowest BCUT2D eigenvalue weighted by Crippen LogP contribution is -2.58. The second-order valence-corrected chi connectivity index (χ2v) is 7.89. The van der Waals surface area contributed by atoms with Crippen LogP contribution < -0.4 is 10.6 Å². The third-order valence-electron chi connectivity index (χ3n) is 3.57. The highest BCUT2D eigenvalue weighted by Gasteiger charge is 2.33. The van der Waals surface area contributed by atoms with Crippen LogP contribution in [0.25, 0.3) is 0 Å². The predicted molar refractivity (Wildman–Crippen MR) is 102 cm³/mol. The zero-order valence-electron chi connectivity index (χ0n) is 16.9. The van der Waals surface area contributed by atoms with E-state index in [9.17, 15) is 14.4 Å². The van der Waals surface area contributed by atoms with Crippen LogP contribution in [0.3, 0.4) is 0 Å². The number of rotatable bonds is 8. The van der Waals surface area contributed by atoms with Gasteiger partial charge in [-0.15, -0.1) is 0 Å². The fraction of sp³-hybridized carbons (Fsp3) is 0.550. The van der Waals surface area contributed by atoms with E-state index in [-0.39, 0.29) is 12.4 Å². The van der Waals surface area contributed by atoms with Crippen molar-refractivity contribution in [1.29, 1.82) is 0 Å². The largest absolute Gasteiger partial charge is 0.444 e. The predicted octanol–water partition coefficient (Wildman–Crippen LogP) is 2.58. The van der Waals surface area contributed by atoms with E-state index in [0.29, 0.717) is 6.61 Å². The van der Waals surface area contributed by atoms with Crippen molar-refractivity contribution in [2.75, 3.05) is 6.61 Å². The van der Waals surface area contributed by atoms with E-state index in [4.69, 9.17) is 9.47 Å². The third-order valence-corrected chi connectivity index (χ3v) is 3.57. The van der Waals surface area contributed by atoms with Crippen LogP contribution in [-0.2, 0) is 25.7 Å². The maximum Gasteiger partial charge on any atom is 0.408 e. The highest BCUT2D eigenvalue weighted by molar-refractivity contribution is 5.93. The summed E-state index contributed by atoms with van der Waals surface area (Å²) in [6.45, 7) is 10.0. The summed E-state index contributed by atoms with van der Waals surface area (Å²) in [6.07, 6.45) is -0.706. The van der Waals surface area contributed by atoms with Crippen LogP contribution in [0.4, 0.5) is 4.79 Å². The fourth-order valence-electron chi connectivity index (χ4n) is 2.08. The standard InChI is InChI=1S/C20H30N2O5/c1-14(23)16(13-26-12-15-10-8-7-9-11-15)21-17(24)20(5,6)22-18(25)27-19(2,3)4/h7-11,16H,12-13H2,1-6H3,(H,21,24)(H,22,25)/t16-/m1/s1. The summed E-state index contributed by atoms with van der Waals surface area (Å²) in [5.41, 5.74) is -0.961. The number of hydrogen-bond donors (Lipinski definition) is 2. The summed E-state index contributed by atoms with van der Waals surface area (Å²) in [5.74, 6) is -0.735. The van der Waals surface area contributed by atoms with Gasteiger partial charge >= 0.3 is 6.09 Å². The molecule has 0 bridgehead atoms. The summed E-state index contributed by atoms with van der Waals surface area (Å²) < 4.78 is 10.7. The average molecular weight is 378 g/mol. The van der Waals surface area contributed by atoms with Gasteiger partial charge in [0.1, 0.15) is 17.2 Å². The zero-order valence-corrected chi connectivity index (χ0v) is 16.9. The van der Waals surface area contributed by atoms with E-state index in [1.807, 2.05) is 30.3 Å². The van der Waals surface area contributed by atoms with E-state index in [1.54, 1.807) is 20.8 Å². The first-order valence-corrected chi connectivity index (χ1v) is 8.85. The maximum atomic E-state index is 12.5. The fourth-order valence-corrected chi connectivity index (χ4v) is 2.08. The van der Waals surface area contributed by atoms with Crippen LogP contribution in [0.2, 0.25) is 0 Å². The van der Waals surface area contributed by atoms with Gasteiger partial charge < -0.3 is 20.1 Å². The third kappa shape index (κ3) is 8.68. The summed E-state index contributed by atoms with van der Waals surface area (Å²) in [4.78, 5) is 36.3. The Hall–Kier alpha value is -2.41. The van der Waals surface area contributed by atoms with Gasteiger partial charge in [0.2, 0.25) is 5.91 Å². The molecule has 2 amide bonds. The van der Waals surface area contributed by atoms with E-state index in [1.165, 1.54) is 20.8 Å². The Bertz CT molecular complexity index is 650. The minimum Gasteiger partial charge on any atom is -0.444 e. The number of alkyl carbamates (subject to hydrolysis) is 1. The molecule has 1 aromatic carbocycles. The first kappa shape index (κ1) is 22.6. The lowest BCUT2D eigenvalue weighted by atomic mass is 10.0. The molecule has 0 spiro atoms. The Morgan fingerprint density at radius 2 is 1.63 bits per heavy atom. The van der Waals surface area contributed by atoms with Gasteiger partial charge in [-0.05, 0) is 47.1 Å². The molecule has 7 heteroatoms. The van der Waals surface area contributed by atoms with Gasteiger partial charge in [0, 0.05) is 0 Å². The topological polar surface area (TPSA) is 93.7 Å². The second kappa shape index (κ2) is 9.50. The molecular weight excluding hydrogens is 348 g/mol. The maximum absolute atomic E-state index is 12.5. The van der Waals surface area contributed by atoms with Crippen molar-refractivity contribution < 1.29 is 23.9 Å². The summed E-state index contributed by atoms with van der Waals surface area (Å²) in [5, 5.41) is 5.14. The van der Waals surface area contributed by atoms with Crippen LogP contribution in [0.5, 0.6) is 0 Å². The smallest absolute Gasteiger partial charge is 0.408 e. The molecule has 0 heterocycles. The summed E-state index contributed by atoms with van der Waals surface area (Å²) in [6, 6.07) is 8.72. The number of nitrogens with one attached hydrogen (secondary N) is 2. The van der Waals surface area contributed by atoms with Gasteiger partial charge in [0.15, 0.2) is 5.78 Å². The molecule has 1 aromatic rings. The molecule has 150 valence electrons. The monoisotopic (exact) mass is 378 g/mol. The lowest BCUT2D eigenvalue weighted by Gasteiger charge is -2.29. The molecule has 0 saturated heterocycles. The SMILES string of the molecule is CC(=O)[C@@H](COCc1ccccc1)NC(=O)C(C)(C)NC(=O)OC(C)(C)C. The van der Waals surface area contributed by atoms with Crippen LogP contribution >= 0.6 is 0 Å². The molecule has 0 aromatic heterocycles. The molecule has 0 unspecified atom stereocenters. The van der Waals surface area contributed by atoms with E-state index in [0.717, 1.165) is 5.56 Å². The molecule has 27 heavy (non-hydrogen) atoms. The Morgan fingerprint density at radius 3 is 2.15 bits per heavy atom. The number of carbonyl (C=O) groups excluding carboxylic acids is 3. The number of amides is 2. The van der Waals surface area contributed by atoms with Crippen molar-refractivity contribution in [2.45, 2.75) is 65.3 Å². The molecule has 0 radical (unpaired) electrons. The molecule has 1 atom stereocenters. The number of Topliss-reactive ketones (excluding diaryl/α,β-unsaturated/α-hetero) is 1. The number of hydrogen-bond acceptors (Lipinski definition) is 5. The minimum atomic E-state index is -1.25. The van der Waals surface area contributed by atoms with Crippen molar-refractivity contribution in [2.24, 2.45) is 0 Å². The van der Waals surface area contributed by atoms with Gasteiger partial charge in [-0.2, -0.15) is 0 Å². The first-order chi connectivity index (χ1) is 12.4. The second-order valence-electron chi connectivity index (χ2n) is 7.89. The van der Waals surface area contributed by atoms with Crippen molar-refractivity contribution in [3.63, 3.8) is 0 Å². The number of benzene rings is 1. The molecule has 0 aliphatic heterocycles. The number of carbonyl (C=O) groups is 3. The molecule has 0 saturated carbocycles. The van der Waals surface area contributed by atoms with Gasteiger partial charge in [0.05, 0.1) is 13.2 Å². The van der Waals surface area contributed by atoms with E-state index >= 15 is 0 Å². The van der Waals surface area contributed by atoms with E-state index in [2.05, 4.69) is 10.6 Å². The molecule has 0 aliphatic carbocycles. The number of ketones is 1. The van der Waals surface area contributed by atoms with E-state index < -0.39 is 29.2 Å². The molecule has 1 rings (SSSR count). The van der Waals surface area contributed by atoms with Crippen LogP contribution in [0.15, 0.2) is 30.3 Å². The van der Waals surface area contributed by atoms with Crippen LogP contribution in [-0.4, -0.2) is 41.6 Å². The van der Waals surface area contributed by atoms with Crippen molar-refractivity contribution in [3.8, 4) is 0 Å². The molecule has 7 nitrogen and oxygen atoms in total.